The molecule has 0 heterocycles. The van der Waals surface area contributed by atoms with Crippen molar-refractivity contribution in [1.82, 2.24) is 4.31 Å². The molecule has 0 saturated heterocycles. The lowest BCUT2D eigenvalue weighted by molar-refractivity contribution is 0.253. The average Bonchev–Trinajstić information content (AvgIpc) is 2.28. The molecule has 0 radical (unpaired) electrons. The quantitative estimate of drug-likeness (QED) is 0.775. The van der Waals surface area contributed by atoms with Crippen molar-refractivity contribution >= 4 is 27.3 Å². The lowest BCUT2D eigenvalue weighted by Crippen LogP contribution is -2.34. The first-order valence-electron chi connectivity index (χ1n) is 5.60. The lowest BCUT2D eigenvalue weighted by Gasteiger charge is -2.22. The molecule has 0 saturated carbocycles. The second kappa shape index (κ2) is 6.38. The monoisotopic (exact) mass is 292 g/mol. The van der Waals surface area contributed by atoms with Gasteiger partial charge < -0.3 is 10.8 Å². The van der Waals surface area contributed by atoms with Gasteiger partial charge >= 0.3 is 0 Å². The molecule has 0 aliphatic carbocycles. The molecule has 1 aromatic rings. The number of aliphatic hydroxyl groups is 1. The van der Waals surface area contributed by atoms with Gasteiger partial charge in [-0.25, -0.2) is 8.42 Å². The van der Waals surface area contributed by atoms with Crippen LogP contribution in [0.15, 0.2) is 23.1 Å². The zero-order valence-electron chi connectivity index (χ0n) is 10.1. The molecule has 0 atom stereocenters. The molecule has 0 aliphatic heterocycles. The highest BCUT2D eigenvalue weighted by Crippen LogP contribution is 2.29. The van der Waals surface area contributed by atoms with Crippen LogP contribution in [0.4, 0.5) is 5.69 Å². The molecule has 0 aliphatic rings. The molecule has 18 heavy (non-hydrogen) atoms. The van der Waals surface area contributed by atoms with E-state index in [4.69, 9.17) is 22.4 Å². The van der Waals surface area contributed by atoms with E-state index in [9.17, 15) is 8.42 Å². The van der Waals surface area contributed by atoms with Crippen molar-refractivity contribution in [3.05, 3.63) is 23.2 Å². The van der Waals surface area contributed by atoms with Crippen molar-refractivity contribution in [2.45, 2.75) is 18.2 Å². The van der Waals surface area contributed by atoms with E-state index in [0.717, 1.165) is 0 Å². The first-order chi connectivity index (χ1) is 8.45. The highest BCUT2D eigenvalue weighted by molar-refractivity contribution is 7.89. The lowest BCUT2D eigenvalue weighted by atomic mass is 10.3. The van der Waals surface area contributed by atoms with Crippen molar-refractivity contribution in [3.8, 4) is 0 Å². The van der Waals surface area contributed by atoms with Gasteiger partial charge in [-0.3, -0.25) is 0 Å². The standard InChI is InChI=1S/C11H17ClN2O3S/c1-2-6-14(7-8-15)18(16,17)11-9(12)4-3-5-10(11)13/h3-5,15H,2,6-8,13H2,1H3. The molecule has 5 nitrogen and oxygen atoms in total. The zero-order valence-corrected chi connectivity index (χ0v) is 11.7. The number of nitrogens with two attached hydrogens (primary N) is 1. The third-order valence-corrected chi connectivity index (χ3v) is 4.86. The zero-order chi connectivity index (χ0) is 13.8. The first kappa shape index (κ1) is 15.2. The largest absolute Gasteiger partial charge is 0.398 e. The van der Waals surface area contributed by atoms with Gasteiger partial charge in [0, 0.05) is 13.1 Å². The Balaban J connectivity index is 3.26. The predicted molar refractivity (Wildman–Crippen MR) is 72.0 cm³/mol. The summed E-state index contributed by atoms with van der Waals surface area (Å²) < 4.78 is 26.0. The van der Waals surface area contributed by atoms with Crippen molar-refractivity contribution < 1.29 is 13.5 Å². The summed E-state index contributed by atoms with van der Waals surface area (Å²) in [7, 11) is -3.77. The fraction of sp³-hybridized carbons (Fsp3) is 0.455. The highest BCUT2D eigenvalue weighted by Gasteiger charge is 2.27. The number of benzene rings is 1. The van der Waals surface area contributed by atoms with Gasteiger partial charge in [-0.2, -0.15) is 4.31 Å². The molecular formula is C11H17ClN2O3S. The van der Waals surface area contributed by atoms with Gasteiger partial charge in [0.25, 0.3) is 0 Å². The second-order valence-corrected chi connectivity index (χ2v) is 6.07. The van der Waals surface area contributed by atoms with Gasteiger partial charge in [0.2, 0.25) is 10.0 Å². The SMILES string of the molecule is CCCN(CCO)S(=O)(=O)c1c(N)cccc1Cl. The Morgan fingerprint density at radius 2 is 2.06 bits per heavy atom. The third-order valence-electron chi connectivity index (χ3n) is 2.42. The van der Waals surface area contributed by atoms with Crippen LogP contribution in [-0.4, -0.2) is 37.5 Å². The summed E-state index contributed by atoms with van der Waals surface area (Å²) in [6.07, 6.45) is 0.642. The van der Waals surface area contributed by atoms with Crippen LogP contribution in [0.25, 0.3) is 0 Å². The number of sulfonamides is 1. The van der Waals surface area contributed by atoms with E-state index in [-0.39, 0.29) is 28.8 Å². The number of hydrogen-bond donors (Lipinski definition) is 2. The number of nitrogens with zero attached hydrogens (tertiary/aromatic N) is 1. The minimum Gasteiger partial charge on any atom is -0.398 e. The maximum Gasteiger partial charge on any atom is 0.246 e. The van der Waals surface area contributed by atoms with Crippen LogP contribution in [0.5, 0.6) is 0 Å². The van der Waals surface area contributed by atoms with Crippen LogP contribution < -0.4 is 5.73 Å². The molecular weight excluding hydrogens is 276 g/mol. The summed E-state index contributed by atoms with van der Waals surface area (Å²) in [6, 6.07) is 4.56. The normalized spacial score (nSPS) is 12.0. The molecule has 1 rings (SSSR count). The van der Waals surface area contributed by atoms with E-state index in [1.807, 2.05) is 6.92 Å². The maximum absolute atomic E-state index is 12.4. The molecule has 0 unspecified atom stereocenters. The Kier molecular flexibility index (Phi) is 5.40. The van der Waals surface area contributed by atoms with Crippen molar-refractivity contribution in [1.29, 1.82) is 0 Å². The van der Waals surface area contributed by atoms with E-state index in [0.29, 0.717) is 13.0 Å². The molecule has 102 valence electrons. The van der Waals surface area contributed by atoms with Gasteiger partial charge in [0.15, 0.2) is 0 Å². The van der Waals surface area contributed by atoms with Crippen LogP contribution in [0, 0.1) is 0 Å². The second-order valence-electron chi connectivity index (χ2n) is 3.79. The van der Waals surface area contributed by atoms with Crippen molar-refractivity contribution in [2.75, 3.05) is 25.4 Å². The van der Waals surface area contributed by atoms with Crippen LogP contribution in [-0.2, 0) is 10.0 Å². The van der Waals surface area contributed by atoms with Crippen LogP contribution in [0.1, 0.15) is 13.3 Å². The van der Waals surface area contributed by atoms with Gasteiger partial charge in [0.1, 0.15) is 4.90 Å². The minimum atomic E-state index is -3.77. The summed E-state index contributed by atoms with van der Waals surface area (Å²) in [5.74, 6) is 0. The smallest absolute Gasteiger partial charge is 0.246 e. The molecule has 0 spiro atoms. The number of hydrogen-bond acceptors (Lipinski definition) is 4. The van der Waals surface area contributed by atoms with Crippen molar-refractivity contribution in [3.63, 3.8) is 0 Å². The Hall–Kier alpha value is -0.820. The van der Waals surface area contributed by atoms with Crippen LogP contribution in [0.2, 0.25) is 5.02 Å². The number of halogens is 1. The Bertz CT molecular complexity index is 479. The Morgan fingerprint density at radius 3 is 2.56 bits per heavy atom. The van der Waals surface area contributed by atoms with Crippen molar-refractivity contribution in [2.24, 2.45) is 0 Å². The molecule has 0 aromatic heterocycles. The Morgan fingerprint density at radius 1 is 1.39 bits per heavy atom. The highest BCUT2D eigenvalue weighted by atomic mass is 35.5. The fourth-order valence-electron chi connectivity index (χ4n) is 1.64. The number of rotatable bonds is 6. The summed E-state index contributed by atoms with van der Waals surface area (Å²) in [5.41, 5.74) is 5.80. The summed E-state index contributed by atoms with van der Waals surface area (Å²) in [6.45, 7) is 1.95. The Labute approximate surface area is 112 Å². The van der Waals surface area contributed by atoms with E-state index >= 15 is 0 Å². The van der Waals surface area contributed by atoms with Crippen LogP contribution >= 0.6 is 11.6 Å². The van der Waals surface area contributed by atoms with Crippen LogP contribution in [0.3, 0.4) is 0 Å². The van der Waals surface area contributed by atoms with E-state index in [1.54, 1.807) is 6.07 Å². The van der Waals surface area contributed by atoms with E-state index in [2.05, 4.69) is 0 Å². The minimum absolute atomic E-state index is 0.0286. The molecule has 1 aromatic carbocycles. The predicted octanol–water partition coefficient (Wildman–Crippen LogP) is 1.32. The van der Waals surface area contributed by atoms with Gasteiger partial charge in [0.05, 0.1) is 17.3 Å². The first-order valence-corrected chi connectivity index (χ1v) is 7.42. The molecule has 7 heteroatoms. The van der Waals surface area contributed by atoms with E-state index in [1.165, 1.54) is 16.4 Å². The fourth-order valence-corrected chi connectivity index (χ4v) is 3.80. The van der Waals surface area contributed by atoms with Gasteiger partial charge in [-0.1, -0.05) is 24.6 Å². The molecule has 3 N–H and O–H groups in total. The number of aliphatic hydroxyl groups excluding tert-OH is 1. The van der Waals surface area contributed by atoms with Gasteiger partial charge in [-0.05, 0) is 18.6 Å². The summed E-state index contributed by atoms with van der Waals surface area (Å²) in [5, 5.41) is 9.03. The molecule has 0 fully saturated rings. The number of nitrogen functional groups attached to an aromatic ring is 1. The van der Waals surface area contributed by atoms with Gasteiger partial charge in [-0.15, -0.1) is 0 Å². The van der Waals surface area contributed by atoms with E-state index < -0.39 is 10.0 Å². The average molecular weight is 293 g/mol. The third kappa shape index (κ3) is 3.14. The topological polar surface area (TPSA) is 83.6 Å². The molecule has 0 bridgehead atoms. The maximum atomic E-state index is 12.4. The summed E-state index contributed by atoms with van der Waals surface area (Å²) >= 11 is 5.91. The molecule has 0 amide bonds. The number of anilines is 1. The summed E-state index contributed by atoms with van der Waals surface area (Å²) in [4.78, 5) is -0.0893.